The van der Waals surface area contributed by atoms with E-state index in [9.17, 15) is 4.79 Å². The molecule has 1 saturated carbocycles. The molecule has 1 aliphatic carbocycles. The Kier molecular flexibility index (Phi) is 5.08. The molecule has 92 valence electrons. The highest BCUT2D eigenvalue weighted by atomic mass is 32.2. The normalized spacial score (nSPS) is 35.9. The van der Waals surface area contributed by atoms with Crippen molar-refractivity contribution >= 4 is 29.3 Å². The van der Waals surface area contributed by atoms with Crippen molar-refractivity contribution in [3.63, 3.8) is 0 Å². The summed E-state index contributed by atoms with van der Waals surface area (Å²) in [7, 11) is 0. The molecule has 1 nitrogen and oxygen atoms in total. The highest BCUT2D eigenvalue weighted by molar-refractivity contribution is 8.07. The molecule has 3 atom stereocenters. The van der Waals surface area contributed by atoms with Gasteiger partial charge in [-0.15, -0.1) is 11.8 Å². The first-order valence-electron chi connectivity index (χ1n) is 6.54. The molecule has 0 spiro atoms. The van der Waals surface area contributed by atoms with E-state index in [1.165, 1.54) is 37.2 Å². The van der Waals surface area contributed by atoms with Crippen molar-refractivity contribution in [3.05, 3.63) is 0 Å². The fourth-order valence-corrected chi connectivity index (χ4v) is 5.55. The van der Waals surface area contributed by atoms with E-state index in [0.29, 0.717) is 17.0 Å². The molecule has 2 aliphatic rings. The summed E-state index contributed by atoms with van der Waals surface area (Å²) in [4.78, 5) is 12.4. The standard InChI is InChI=1S/C13H22OS2/c1-2-10-4-3-5-11(8-10)13(14)12-9-15-6-7-16-12/h10-12H,2-9H2,1H3. The minimum Gasteiger partial charge on any atom is -0.298 e. The highest BCUT2D eigenvalue weighted by Crippen LogP contribution is 2.35. The molecule has 1 heterocycles. The van der Waals surface area contributed by atoms with Gasteiger partial charge in [0, 0.05) is 23.2 Å². The van der Waals surface area contributed by atoms with E-state index in [2.05, 4.69) is 6.92 Å². The number of carbonyl (C=O) groups is 1. The Morgan fingerprint density at radius 2 is 2.19 bits per heavy atom. The molecule has 0 radical (unpaired) electrons. The molecule has 1 saturated heterocycles. The second-order valence-corrected chi connectivity index (χ2v) is 7.43. The lowest BCUT2D eigenvalue weighted by atomic mass is 9.78. The van der Waals surface area contributed by atoms with Crippen molar-refractivity contribution in [1.29, 1.82) is 0 Å². The van der Waals surface area contributed by atoms with Crippen LogP contribution < -0.4 is 0 Å². The number of ketones is 1. The van der Waals surface area contributed by atoms with Crippen LogP contribution in [0.15, 0.2) is 0 Å². The topological polar surface area (TPSA) is 17.1 Å². The first-order chi connectivity index (χ1) is 7.81. The first kappa shape index (κ1) is 12.8. The lowest BCUT2D eigenvalue weighted by Gasteiger charge is -2.30. The van der Waals surface area contributed by atoms with Crippen LogP contribution in [0.4, 0.5) is 0 Å². The summed E-state index contributed by atoms with van der Waals surface area (Å²) in [6, 6.07) is 0. The van der Waals surface area contributed by atoms with E-state index in [1.807, 2.05) is 23.5 Å². The molecule has 0 aromatic carbocycles. The minimum absolute atomic E-state index is 0.319. The molecular weight excluding hydrogens is 236 g/mol. The van der Waals surface area contributed by atoms with E-state index < -0.39 is 0 Å². The van der Waals surface area contributed by atoms with E-state index in [0.717, 1.165) is 18.1 Å². The zero-order chi connectivity index (χ0) is 11.4. The Morgan fingerprint density at radius 1 is 1.31 bits per heavy atom. The largest absolute Gasteiger partial charge is 0.298 e. The molecule has 0 bridgehead atoms. The monoisotopic (exact) mass is 258 g/mol. The van der Waals surface area contributed by atoms with Gasteiger partial charge in [-0.3, -0.25) is 4.79 Å². The number of thioether (sulfide) groups is 2. The molecule has 2 fully saturated rings. The molecule has 3 heteroatoms. The van der Waals surface area contributed by atoms with Crippen LogP contribution >= 0.6 is 23.5 Å². The molecular formula is C13H22OS2. The smallest absolute Gasteiger partial charge is 0.149 e. The Labute approximate surface area is 108 Å². The van der Waals surface area contributed by atoms with Gasteiger partial charge in [0.2, 0.25) is 0 Å². The number of rotatable bonds is 3. The zero-order valence-corrected chi connectivity index (χ0v) is 11.7. The van der Waals surface area contributed by atoms with E-state index in [4.69, 9.17) is 0 Å². The zero-order valence-electron chi connectivity index (χ0n) is 10.1. The Hall–Kier alpha value is 0.370. The van der Waals surface area contributed by atoms with Crippen molar-refractivity contribution < 1.29 is 4.79 Å². The van der Waals surface area contributed by atoms with Crippen LogP contribution in [0.3, 0.4) is 0 Å². The predicted molar refractivity (Wildman–Crippen MR) is 74.3 cm³/mol. The quantitative estimate of drug-likeness (QED) is 0.769. The summed E-state index contributed by atoms with van der Waals surface area (Å²) in [5.74, 6) is 5.27. The molecule has 0 aromatic heterocycles. The summed E-state index contributed by atoms with van der Waals surface area (Å²) in [6.07, 6.45) is 6.23. The lowest BCUT2D eigenvalue weighted by molar-refractivity contribution is -0.123. The molecule has 0 N–H and O–H groups in total. The third-order valence-electron chi connectivity index (χ3n) is 3.90. The first-order valence-corrected chi connectivity index (χ1v) is 8.74. The van der Waals surface area contributed by atoms with Gasteiger partial charge in [-0.1, -0.05) is 26.2 Å². The molecule has 0 aromatic rings. The van der Waals surface area contributed by atoms with Gasteiger partial charge in [0.1, 0.15) is 5.78 Å². The van der Waals surface area contributed by atoms with Crippen molar-refractivity contribution in [2.45, 2.75) is 44.3 Å². The van der Waals surface area contributed by atoms with E-state index >= 15 is 0 Å². The van der Waals surface area contributed by atoms with Crippen LogP contribution in [0.25, 0.3) is 0 Å². The summed E-state index contributed by atoms with van der Waals surface area (Å²) >= 11 is 3.86. The minimum atomic E-state index is 0.319. The maximum absolute atomic E-state index is 12.4. The Balaban J connectivity index is 1.87. The molecule has 0 amide bonds. The van der Waals surface area contributed by atoms with Gasteiger partial charge in [0.25, 0.3) is 0 Å². The van der Waals surface area contributed by atoms with Crippen LogP contribution in [0.5, 0.6) is 0 Å². The van der Waals surface area contributed by atoms with Gasteiger partial charge in [-0.05, 0) is 18.8 Å². The van der Waals surface area contributed by atoms with E-state index in [-0.39, 0.29) is 0 Å². The third-order valence-corrected chi connectivity index (χ3v) is 6.67. The van der Waals surface area contributed by atoms with Crippen molar-refractivity contribution in [2.24, 2.45) is 11.8 Å². The number of Topliss-reactive ketones (excluding diaryl/α,β-unsaturated/α-hetero) is 1. The average Bonchev–Trinajstić information content (AvgIpc) is 2.39. The van der Waals surface area contributed by atoms with Gasteiger partial charge in [0.05, 0.1) is 5.25 Å². The highest BCUT2D eigenvalue weighted by Gasteiger charge is 2.32. The lowest BCUT2D eigenvalue weighted by Crippen LogP contribution is -2.33. The SMILES string of the molecule is CCC1CCCC(C(=O)C2CSCCS2)C1. The van der Waals surface area contributed by atoms with Crippen molar-refractivity contribution in [3.8, 4) is 0 Å². The van der Waals surface area contributed by atoms with Crippen molar-refractivity contribution in [1.82, 2.24) is 0 Å². The van der Waals surface area contributed by atoms with Crippen molar-refractivity contribution in [2.75, 3.05) is 17.3 Å². The van der Waals surface area contributed by atoms with Crippen LogP contribution in [-0.2, 0) is 4.79 Å². The van der Waals surface area contributed by atoms with Crippen LogP contribution in [-0.4, -0.2) is 28.3 Å². The van der Waals surface area contributed by atoms with Gasteiger partial charge in [0.15, 0.2) is 0 Å². The van der Waals surface area contributed by atoms with Gasteiger partial charge < -0.3 is 0 Å². The maximum Gasteiger partial charge on any atom is 0.149 e. The van der Waals surface area contributed by atoms with Crippen LogP contribution in [0.1, 0.15) is 39.0 Å². The predicted octanol–water partition coefficient (Wildman–Crippen LogP) is 3.62. The maximum atomic E-state index is 12.4. The third kappa shape index (κ3) is 3.19. The number of hydrogen-bond acceptors (Lipinski definition) is 3. The molecule has 2 rings (SSSR count). The Morgan fingerprint density at radius 3 is 2.88 bits per heavy atom. The van der Waals surface area contributed by atoms with Crippen LogP contribution in [0, 0.1) is 11.8 Å². The fraction of sp³-hybridized carbons (Fsp3) is 0.923. The number of hydrogen-bond donors (Lipinski definition) is 0. The summed E-state index contributed by atoms with van der Waals surface area (Å²) in [5.41, 5.74) is 0. The number of carbonyl (C=O) groups excluding carboxylic acids is 1. The van der Waals surface area contributed by atoms with E-state index in [1.54, 1.807) is 0 Å². The van der Waals surface area contributed by atoms with Crippen LogP contribution in [0.2, 0.25) is 0 Å². The van der Waals surface area contributed by atoms with Gasteiger partial charge >= 0.3 is 0 Å². The molecule has 3 unspecified atom stereocenters. The fourth-order valence-electron chi connectivity index (χ4n) is 2.84. The second-order valence-electron chi connectivity index (χ2n) is 4.97. The summed E-state index contributed by atoms with van der Waals surface area (Å²) in [5, 5.41) is 0.319. The average molecular weight is 258 g/mol. The second kappa shape index (κ2) is 6.34. The summed E-state index contributed by atoms with van der Waals surface area (Å²) < 4.78 is 0. The molecule has 1 aliphatic heterocycles. The van der Waals surface area contributed by atoms with Gasteiger partial charge in [-0.2, -0.15) is 11.8 Å². The summed E-state index contributed by atoms with van der Waals surface area (Å²) in [6.45, 7) is 2.27. The Bertz CT molecular complexity index is 236. The van der Waals surface area contributed by atoms with Gasteiger partial charge in [-0.25, -0.2) is 0 Å². The molecule has 16 heavy (non-hydrogen) atoms.